The highest BCUT2D eigenvalue weighted by molar-refractivity contribution is 5.95. The number of hydrogen-bond donors (Lipinski definition) is 2. The van der Waals surface area contributed by atoms with Gasteiger partial charge in [-0.1, -0.05) is 44.2 Å². The minimum absolute atomic E-state index is 0.0226. The number of aromatic hydroxyl groups is 2. The molecule has 0 fully saturated rings. The Morgan fingerprint density at radius 2 is 1.78 bits per heavy atom. The number of phenolic OH excluding ortho intramolecular Hbond substituents is 2. The van der Waals surface area contributed by atoms with E-state index in [2.05, 4.69) is 0 Å². The predicted molar refractivity (Wildman–Crippen MR) is 99.1 cm³/mol. The van der Waals surface area contributed by atoms with Gasteiger partial charge < -0.3 is 19.4 Å². The molecule has 0 radical (unpaired) electrons. The lowest BCUT2D eigenvalue weighted by molar-refractivity contribution is -0.136. The second-order valence-electron chi connectivity index (χ2n) is 7.01. The van der Waals surface area contributed by atoms with Crippen molar-refractivity contribution in [3.05, 3.63) is 52.2 Å². The Balaban J connectivity index is 2.13. The molecule has 2 heterocycles. The molecule has 27 heavy (non-hydrogen) atoms. The number of ether oxygens (including phenoxy) is 1. The van der Waals surface area contributed by atoms with E-state index < -0.39 is 22.9 Å². The lowest BCUT2D eigenvalue weighted by Gasteiger charge is -2.28. The van der Waals surface area contributed by atoms with E-state index in [9.17, 15) is 19.8 Å². The van der Waals surface area contributed by atoms with Gasteiger partial charge in [-0.25, -0.2) is 0 Å². The van der Waals surface area contributed by atoms with Crippen LogP contribution in [-0.2, 0) is 4.79 Å². The van der Waals surface area contributed by atoms with Crippen LogP contribution in [0.4, 0.5) is 0 Å². The number of esters is 1. The van der Waals surface area contributed by atoms with E-state index >= 15 is 0 Å². The zero-order chi connectivity index (χ0) is 19.3. The van der Waals surface area contributed by atoms with Gasteiger partial charge in [0, 0.05) is 23.1 Å². The molecular formula is C21H18O6. The average molecular weight is 366 g/mol. The minimum atomic E-state index is -0.644. The highest BCUT2D eigenvalue weighted by atomic mass is 16.5. The molecule has 1 aliphatic heterocycles. The number of fused-ring (bicyclic) bond motifs is 3. The first kappa shape index (κ1) is 17.1. The second kappa shape index (κ2) is 6.16. The summed E-state index contributed by atoms with van der Waals surface area (Å²) in [7, 11) is 0. The highest BCUT2D eigenvalue weighted by Crippen LogP contribution is 2.52. The molecule has 0 aliphatic carbocycles. The van der Waals surface area contributed by atoms with E-state index in [1.54, 1.807) is 12.1 Å². The molecule has 4 rings (SSSR count). The number of rotatable bonds is 2. The van der Waals surface area contributed by atoms with Crippen molar-refractivity contribution in [3.63, 3.8) is 0 Å². The molecule has 2 aromatic carbocycles. The number of carbonyl (C=O) groups excluding carboxylic acids is 1. The Morgan fingerprint density at radius 1 is 1.07 bits per heavy atom. The second-order valence-corrected chi connectivity index (χ2v) is 7.01. The molecule has 0 amide bonds. The third kappa shape index (κ3) is 2.65. The van der Waals surface area contributed by atoms with Gasteiger partial charge in [-0.3, -0.25) is 9.59 Å². The van der Waals surface area contributed by atoms with Crippen LogP contribution in [-0.4, -0.2) is 16.2 Å². The summed E-state index contributed by atoms with van der Waals surface area (Å²) in [4.78, 5) is 24.7. The molecule has 6 heteroatoms. The van der Waals surface area contributed by atoms with Crippen LogP contribution < -0.4 is 10.2 Å². The summed E-state index contributed by atoms with van der Waals surface area (Å²) in [5, 5.41) is 20.6. The Hall–Kier alpha value is -3.28. The van der Waals surface area contributed by atoms with E-state index in [0.29, 0.717) is 16.9 Å². The van der Waals surface area contributed by atoms with Gasteiger partial charge in [-0.15, -0.1) is 0 Å². The predicted octanol–water partition coefficient (Wildman–Crippen LogP) is 3.92. The molecule has 0 spiro atoms. The molecule has 2 N–H and O–H groups in total. The first-order chi connectivity index (χ1) is 12.9. The lowest BCUT2D eigenvalue weighted by Crippen LogP contribution is -2.24. The standard InChI is InChI=1S/C21H18O6/c1-10(2)12-8-15(23)27-21-16(12)20-17(18(24)19(21)25)13(22)9-14(26-20)11-6-4-3-5-7-11/h3-7,9-10,12,24-25H,8H2,1-2H3/t12-/m0/s1. The van der Waals surface area contributed by atoms with E-state index in [4.69, 9.17) is 9.15 Å². The fraction of sp³-hybridized carbons (Fsp3) is 0.238. The van der Waals surface area contributed by atoms with Gasteiger partial charge in [0.05, 0.1) is 6.42 Å². The minimum Gasteiger partial charge on any atom is -0.504 e. The van der Waals surface area contributed by atoms with Crippen LogP contribution >= 0.6 is 0 Å². The third-order valence-corrected chi connectivity index (χ3v) is 4.95. The quantitative estimate of drug-likeness (QED) is 0.405. The van der Waals surface area contributed by atoms with Crippen molar-refractivity contribution in [1.29, 1.82) is 0 Å². The van der Waals surface area contributed by atoms with Crippen LogP contribution in [0.5, 0.6) is 17.2 Å². The van der Waals surface area contributed by atoms with E-state index in [1.807, 2.05) is 32.0 Å². The molecule has 0 bridgehead atoms. The molecule has 0 saturated carbocycles. The van der Waals surface area contributed by atoms with Crippen molar-refractivity contribution in [1.82, 2.24) is 0 Å². The van der Waals surface area contributed by atoms with Crippen LogP contribution in [0.3, 0.4) is 0 Å². The van der Waals surface area contributed by atoms with Crippen LogP contribution in [0.25, 0.3) is 22.3 Å². The SMILES string of the molecule is CC(C)[C@@H]1CC(=O)Oc2c(O)c(O)c3c(=O)cc(-c4ccccc4)oc3c21. The van der Waals surface area contributed by atoms with Gasteiger partial charge in [-0.2, -0.15) is 0 Å². The van der Waals surface area contributed by atoms with Gasteiger partial charge in [0.25, 0.3) is 0 Å². The number of carbonyl (C=O) groups is 1. The van der Waals surface area contributed by atoms with Crippen LogP contribution in [0.2, 0.25) is 0 Å². The summed E-state index contributed by atoms with van der Waals surface area (Å²) < 4.78 is 11.2. The molecule has 3 aromatic rings. The Labute approximate surface area is 154 Å². The zero-order valence-electron chi connectivity index (χ0n) is 14.9. The van der Waals surface area contributed by atoms with E-state index in [0.717, 1.165) is 0 Å². The largest absolute Gasteiger partial charge is 0.504 e. The highest BCUT2D eigenvalue weighted by Gasteiger charge is 2.37. The molecule has 0 saturated heterocycles. The van der Waals surface area contributed by atoms with Crippen molar-refractivity contribution in [2.45, 2.75) is 26.2 Å². The number of hydrogen-bond acceptors (Lipinski definition) is 6. The van der Waals surface area contributed by atoms with Gasteiger partial charge in [-0.05, 0) is 5.92 Å². The molecule has 6 nitrogen and oxygen atoms in total. The number of benzene rings is 2. The zero-order valence-corrected chi connectivity index (χ0v) is 14.9. The van der Waals surface area contributed by atoms with Crippen LogP contribution in [0.1, 0.15) is 31.7 Å². The van der Waals surface area contributed by atoms with Crippen molar-refractivity contribution in [2.75, 3.05) is 0 Å². The topological polar surface area (TPSA) is 97.0 Å². The molecule has 138 valence electrons. The van der Waals surface area contributed by atoms with Crippen LogP contribution in [0.15, 0.2) is 45.6 Å². The first-order valence-electron chi connectivity index (χ1n) is 8.70. The molecule has 1 aliphatic rings. The van der Waals surface area contributed by atoms with Crippen LogP contribution in [0, 0.1) is 5.92 Å². The summed E-state index contributed by atoms with van der Waals surface area (Å²) in [6.07, 6.45) is 0.100. The summed E-state index contributed by atoms with van der Waals surface area (Å²) in [6, 6.07) is 10.4. The van der Waals surface area contributed by atoms with Gasteiger partial charge in [0.2, 0.25) is 5.75 Å². The molecule has 0 unspecified atom stereocenters. The maximum atomic E-state index is 12.7. The fourth-order valence-corrected chi connectivity index (χ4v) is 3.55. The Morgan fingerprint density at radius 3 is 2.44 bits per heavy atom. The van der Waals surface area contributed by atoms with Gasteiger partial charge in [0.15, 0.2) is 16.9 Å². The Bertz CT molecular complexity index is 1110. The summed E-state index contributed by atoms with van der Waals surface area (Å²) in [6.45, 7) is 3.86. The average Bonchev–Trinajstić information content (AvgIpc) is 2.65. The van der Waals surface area contributed by atoms with E-state index in [1.165, 1.54) is 6.07 Å². The maximum absolute atomic E-state index is 12.7. The molecule has 1 atom stereocenters. The fourth-order valence-electron chi connectivity index (χ4n) is 3.55. The van der Waals surface area contributed by atoms with Crippen molar-refractivity contribution in [2.24, 2.45) is 5.92 Å². The summed E-state index contributed by atoms with van der Waals surface area (Å²) in [5.74, 6) is -1.86. The lowest BCUT2D eigenvalue weighted by atomic mass is 9.82. The Kier molecular flexibility index (Phi) is 3.91. The monoisotopic (exact) mass is 366 g/mol. The van der Waals surface area contributed by atoms with Crippen molar-refractivity contribution in [3.8, 4) is 28.6 Å². The summed E-state index contributed by atoms with van der Waals surface area (Å²) >= 11 is 0. The van der Waals surface area contributed by atoms with Gasteiger partial charge >= 0.3 is 5.97 Å². The van der Waals surface area contributed by atoms with Crippen molar-refractivity contribution < 1.29 is 24.2 Å². The van der Waals surface area contributed by atoms with Gasteiger partial charge in [0.1, 0.15) is 16.7 Å². The molecular weight excluding hydrogens is 348 g/mol. The third-order valence-electron chi connectivity index (χ3n) is 4.95. The summed E-state index contributed by atoms with van der Waals surface area (Å²) in [5.41, 5.74) is 0.791. The smallest absolute Gasteiger partial charge is 0.311 e. The molecule has 1 aromatic heterocycles. The number of phenols is 2. The first-order valence-corrected chi connectivity index (χ1v) is 8.70. The maximum Gasteiger partial charge on any atom is 0.311 e. The van der Waals surface area contributed by atoms with Crippen molar-refractivity contribution >= 4 is 16.9 Å². The van der Waals surface area contributed by atoms with E-state index in [-0.39, 0.29) is 35.0 Å². The normalized spacial score (nSPS) is 16.4.